The fraction of sp³-hybridized carbons (Fsp3) is 0.462. The molecule has 5 nitrogen and oxygen atoms in total. The number of nitrogens with one attached hydrogen (secondary N) is 1. The number of aromatic nitrogens is 1. The van der Waals surface area contributed by atoms with Gasteiger partial charge in [-0.1, -0.05) is 39.5 Å². The minimum atomic E-state index is -0.491. The van der Waals surface area contributed by atoms with Gasteiger partial charge in [0, 0.05) is 6.07 Å². The predicted octanol–water partition coefficient (Wildman–Crippen LogP) is 1.97. The van der Waals surface area contributed by atoms with Crippen molar-refractivity contribution in [3.8, 4) is 6.07 Å². The number of nitriles is 1. The van der Waals surface area contributed by atoms with Crippen LogP contribution in [0.3, 0.4) is 0 Å². The Morgan fingerprint density at radius 2 is 2.11 bits per heavy atom. The van der Waals surface area contributed by atoms with Crippen LogP contribution < -0.4 is 11.3 Å². The summed E-state index contributed by atoms with van der Waals surface area (Å²) in [5, 5.41) is 9.51. The van der Waals surface area contributed by atoms with Crippen LogP contribution in [0.5, 0.6) is 0 Å². The van der Waals surface area contributed by atoms with Crippen molar-refractivity contribution in [1.29, 1.82) is 5.26 Å². The molecule has 0 bridgehead atoms. The third kappa shape index (κ3) is 5.18. The van der Waals surface area contributed by atoms with Gasteiger partial charge < -0.3 is 10.7 Å². The van der Waals surface area contributed by atoms with Gasteiger partial charge in [-0.25, -0.2) is 0 Å². The molecule has 0 aliphatic carbocycles. The van der Waals surface area contributed by atoms with Gasteiger partial charge >= 0.3 is 0 Å². The lowest BCUT2D eigenvalue weighted by Crippen LogP contribution is -2.15. The average Bonchev–Trinajstić information content (AvgIpc) is 2.37. The topological polar surface area (TPSA) is 99.7 Å². The fourth-order valence-electron chi connectivity index (χ4n) is 1.38. The second-order valence-electron chi connectivity index (χ2n) is 3.81. The minimum absolute atomic E-state index is 0.0339. The maximum Gasteiger partial charge on any atom is 0.249 e. The Morgan fingerprint density at radius 1 is 1.53 bits per heavy atom. The van der Waals surface area contributed by atoms with Gasteiger partial charge in [0.25, 0.3) is 0 Å². The van der Waals surface area contributed by atoms with E-state index < -0.39 is 5.91 Å². The van der Waals surface area contributed by atoms with E-state index in [1.165, 1.54) is 6.07 Å². The Kier molecular flexibility index (Phi) is 7.61. The third-order valence-electron chi connectivity index (χ3n) is 2.13. The van der Waals surface area contributed by atoms with Crippen molar-refractivity contribution < 1.29 is 4.79 Å². The number of nitrogens with zero attached hydrogens (tertiary/aromatic N) is 1. The van der Waals surface area contributed by atoms with Gasteiger partial charge in [-0.3, -0.25) is 9.59 Å². The molecule has 0 atom stereocenters. The van der Waals surface area contributed by atoms with Crippen LogP contribution in [0.4, 0.5) is 0 Å². The molecule has 1 amide bonds. The van der Waals surface area contributed by atoms with Crippen LogP contribution in [0.1, 0.15) is 44.7 Å². The van der Waals surface area contributed by atoms with E-state index in [0.29, 0.717) is 16.2 Å². The van der Waals surface area contributed by atoms with Gasteiger partial charge in [-0.15, -0.1) is 0 Å². The molecule has 0 aliphatic heterocycles. The van der Waals surface area contributed by atoms with Crippen LogP contribution in [0.2, 0.25) is 0 Å². The second kappa shape index (κ2) is 8.38. The van der Waals surface area contributed by atoms with E-state index in [1.807, 2.05) is 27.7 Å². The number of hydrogen-bond donors (Lipinski definition) is 2. The first-order valence-electron chi connectivity index (χ1n) is 6.04. The summed E-state index contributed by atoms with van der Waals surface area (Å²) in [6, 6.07) is 3.47. The van der Waals surface area contributed by atoms with Gasteiger partial charge in [-0.2, -0.15) is 5.26 Å². The highest BCUT2D eigenvalue weighted by molar-refractivity contribution is 7.99. The van der Waals surface area contributed by atoms with Gasteiger partial charge in [0.1, 0.15) is 6.07 Å². The zero-order valence-corrected chi connectivity index (χ0v) is 12.4. The molecule has 0 radical (unpaired) electrons. The summed E-state index contributed by atoms with van der Waals surface area (Å²) >= 11 is 1.07. The molecule has 0 unspecified atom stereocenters. The average molecular weight is 281 g/mol. The van der Waals surface area contributed by atoms with Crippen molar-refractivity contribution in [3.05, 3.63) is 27.5 Å². The van der Waals surface area contributed by atoms with E-state index in [4.69, 9.17) is 11.0 Å². The number of thioether (sulfide) groups is 1. The highest BCUT2D eigenvalue weighted by Crippen LogP contribution is 2.25. The smallest absolute Gasteiger partial charge is 0.249 e. The molecule has 19 heavy (non-hydrogen) atoms. The monoisotopic (exact) mass is 281 g/mol. The van der Waals surface area contributed by atoms with E-state index >= 15 is 0 Å². The molecule has 0 saturated heterocycles. The summed E-state index contributed by atoms with van der Waals surface area (Å²) in [6.07, 6.45) is 0. The highest BCUT2D eigenvalue weighted by atomic mass is 32.2. The molecule has 0 fully saturated rings. The summed E-state index contributed by atoms with van der Waals surface area (Å²) in [7, 11) is 0. The summed E-state index contributed by atoms with van der Waals surface area (Å²) in [5.74, 6) is -0.388. The molecule has 1 aromatic rings. The van der Waals surface area contributed by atoms with E-state index in [0.717, 1.165) is 11.8 Å². The summed E-state index contributed by atoms with van der Waals surface area (Å²) in [5.41, 5.74) is 5.85. The van der Waals surface area contributed by atoms with Crippen molar-refractivity contribution in [2.24, 2.45) is 5.73 Å². The highest BCUT2D eigenvalue weighted by Gasteiger charge is 2.14. The van der Waals surface area contributed by atoms with E-state index in [2.05, 4.69) is 11.1 Å². The van der Waals surface area contributed by atoms with E-state index in [1.54, 1.807) is 0 Å². The number of amides is 1. The van der Waals surface area contributed by atoms with E-state index in [-0.39, 0.29) is 17.2 Å². The Bertz CT molecular complexity index is 530. The first-order chi connectivity index (χ1) is 8.95. The van der Waals surface area contributed by atoms with Crippen molar-refractivity contribution in [2.45, 2.75) is 38.6 Å². The first kappa shape index (κ1) is 17.3. The Labute approximate surface area is 117 Å². The SMILES string of the molecule is CC.CC(C)c1cc(=O)[nH]c(SCC(N)=O)c1C#N. The first-order valence-corrected chi connectivity index (χ1v) is 7.02. The van der Waals surface area contributed by atoms with Crippen molar-refractivity contribution in [2.75, 3.05) is 5.75 Å². The molecule has 1 heterocycles. The zero-order valence-electron chi connectivity index (χ0n) is 11.6. The number of nitrogens with two attached hydrogens (primary N) is 1. The maximum atomic E-state index is 11.4. The lowest BCUT2D eigenvalue weighted by Gasteiger charge is -2.10. The molecular formula is C13H19N3O2S. The number of carbonyl (C=O) groups is 1. The van der Waals surface area contributed by atoms with Crippen LogP contribution >= 0.6 is 11.8 Å². The van der Waals surface area contributed by atoms with Gasteiger partial charge in [0.05, 0.1) is 16.3 Å². The quantitative estimate of drug-likeness (QED) is 0.824. The Hall–Kier alpha value is -1.74. The Morgan fingerprint density at radius 3 is 2.53 bits per heavy atom. The number of aromatic amines is 1. The standard InChI is InChI=1S/C11H13N3O2S.C2H6/c1-6(2)7-3-10(16)14-11(8(7)4-12)17-5-9(13)15;1-2/h3,6H,5H2,1-2H3,(H2,13,15)(H,14,16);1-2H3. The normalized spacial score (nSPS) is 9.47. The van der Waals surface area contributed by atoms with Crippen LogP contribution in [-0.2, 0) is 4.79 Å². The van der Waals surface area contributed by atoms with Crippen molar-refractivity contribution in [1.82, 2.24) is 4.98 Å². The number of H-pyrrole nitrogens is 1. The third-order valence-corrected chi connectivity index (χ3v) is 3.16. The van der Waals surface area contributed by atoms with Gasteiger partial charge in [0.15, 0.2) is 0 Å². The molecule has 0 aliphatic rings. The largest absolute Gasteiger partial charge is 0.369 e. The minimum Gasteiger partial charge on any atom is -0.369 e. The van der Waals surface area contributed by atoms with Crippen molar-refractivity contribution in [3.63, 3.8) is 0 Å². The number of carbonyl (C=O) groups excluding carboxylic acids is 1. The molecule has 0 spiro atoms. The molecule has 104 valence electrons. The second-order valence-corrected chi connectivity index (χ2v) is 4.80. The number of primary amides is 1. The molecule has 3 N–H and O–H groups in total. The van der Waals surface area contributed by atoms with E-state index in [9.17, 15) is 9.59 Å². The zero-order chi connectivity index (χ0) is 15.0. The Balaban J connectivity index is 0.00000154. The molecule has 1 rings (SSSR count). The number of hydrogen-bond acceptors (Lipinski definition) is 4. The molecule has 6 heteroatoms. The predicted molar refractivity (Wildman–Crippen MR) is 77.1 cm³/mol. The lowest BCUT2D eigenvalue weighted by atomic mass is 10.00. The lowest BCUT2D eigenvalue weighted by molar-refractivity contribution is -0.115. The van der Waals surface area contributed by atoms with Crippen LogP contribution in [0.25, 0.3) is 0 Å². The maximum absolute atomic E-state index is 11.4. The van der Waals surface area contributed by atoms with Crippen LogP contribution in [0, 0.1) is 11.3 Å². The fourth-order valence-corrected chi connectivity index (χ4v) is 2.14. The summed E-state index contributed by atoms with van der Waals surface area (Å²) < 4.78 is 0. The molecule has 0 saturated carbocycles. The van der Waals surface area contributed by atoms with Crippen LogP contribution in [0.15, 0.2) is 15.9 Å². The van der Waals surface area contributed by atoms with Gasteiger partial charge in [0.2, 0.25) is 11.5 Å². The van der Waals surface area contributed by atoms with Gasteiger partial charge in [-0.05, 0) is 11.5 Å². The van der Waals surface area contributed by atoms with Crippen LogP contribution in [-0.4, -0.2) is 16.6 Å². The molecular weight excluding hydrogens is 262 g/mol. The summed E-state index contributed by atoms with van der Waals surface area (Å²) in [4.78, 5) is 24.7. The number of pyridine rings is 1. The molecule has 0 aromatic carbocycles. The summed E-state index contributed by atoms with van der Waals surface area (Å²) in [6.45, 7) is 7.80. The number of rotatable bonds is 4. The van der Waals surface area contributed by atoms with Crippen molar-refractivity contribution >= 4 is 17.7 Å². The molecule has 1 aromatic heterocycles.